The van der Waals surface area contributed by atoms with E-state index in [0.717, 1.165) is 11.1 Å². The number of esters is 1. The molecule has 0 N–H and O–H groups in total. The minimum atomic E-state index is -0.267. The summed E-state index contributed by atoms with van der Waals surface area (Å²) in [6, 6.07) is 7.72. The van der Waals surface area contributed by atoms with Crippen LogP contribution in [0.1, 0.15) is 56.0 Å². The topological polar surface area (TPSA) is 43.4 Å². The fourth-order valence-corrected chi connectivity index (χ4v) is 1.80. The molecule has 3 nitrogen and oxygen atoms in total. The lowest BCUT2D eigenvalue weighted by Crippen LogP contribution is -2.12. The van der Waals surface area contributed by atoms with Crippen molar-refractivity contribution in [2.45, 2.75) is 45.4 Å². The Kier molecular flexibility index (Phi) is 5.28. The van der Waals surface area contributed by atoms with Crippen LogP contribution in [0.2, 0.25) is 0 Å². The molecule has 0 aliphatic heterocycles. The van der Waals surface area contributed by atoms with E-state index in [4.69, 9.17) is 0 Å². The van der Waals surface area contributed by atoms with Gasteiger partial charge in [0, 0.05) is 18.4 Å². The molecule has 1 aromatic carbocycles. The fourth-order valence-electron chi connectivity index (χ4n) is 1.80. The Morgan fingerprint density at radius 1 is 1.16 bits per heavy atom. The highest BCUT2D eigenvalue weighted by atomic mass is 16.5. The van der Waals surface area contributed by atoms with Crippen LogP contribution in [0.25, 0.3) is 0 Å². The summed E-state index contributed by atoms with van der Waals surface area (Å²) in [4.78, 5) is 23.0. The van der Waals surface area contributed by atoms with Gasteiger partial charge >= 0.3 is 5.97 Å². The Labute approximate surface area is 115 Å². The van der Waals surface area contributed by atoms with Gasteiger partial charge in [0.1, 0.15) is 0 Å². The van der Waals surface area contributed by atoms with E-state index in [0.29, 0.717) is 19.3 Å². The van der Waals surface area contributed by atoms with E-state index >= 15 is 0 Å². The first kappa shape index (κ1) is 15.4. The molecule has 0 fully saturated rings. The summed E-state index contributed by atoms with van der Waals surface area (Å²) in [5, 5.41) is 0. The molecule has 0 heterocycles. The molecule has 0 unspecified atom stereocenters. The Bertz CT molecular complexity index is 455. The highest BCUT2D eigenvalue weighted by molar-refractivity contribution is 5.96. The standard InChI is InChI=1S/C16H22O3/c1-16(2,3)13-8-5-7-12(11-13)14(17)9-6-10-15(18)19-4/h5,7-8,11H,6,9-10H2,1-4H3. The smallest absolute Gasteiger partial charge is 0.305 e. The minimum Gasteiger partial charge on any atom is -0.469 e. The summed E-state index contributed by atoms with van der Waals surface area (Å²) in [5.41, 5.74) is 1.89. The maximum absolute atomic E-state index is 12.0. The summed E-state index contributed by atoms with van der Waals surface area (Å²) in [6.45, 7) is 6.36. The second-order valence-corrected chi connectivity index (χ2v) is 5.68. The van der Waals surface area contributed by atoms with E-state index in [-0.39, 0.29) is 17.2 Å². The number of carbonyl (C=O) groups is 2. The molecule has 1 aromatic rings. The van der Waals surface area contributed by atoms with Gasteiger partial charge in [-0.3, -0.25) is 9.59 Å². The molecule has 0 aliphatic carbocycles. The van der Waals surface area contributed by atoms with Gasteiger partial charge in [0.25, 0.3) is 0 Å². The van der Waals surface area contributed by atoms with Gasteiger partial charge < -0.3 is 4.74 Å². The van der Waals surface area contributed by atoms with Crippen molar-refractivity contribution < 1.29 is 14.3 Å². The molecule has 104 valence electrons. The number of benzene rings is 1. The molecule has 0 atom stereocenters. The van der Waals surface area contributed by atoms with Crippen LogP contribution in [-0.2, 0) is 14.9 Å². The lowest BCUT2D eigenvalue weighted by Gasteiger charge is -2.19. The summed E-state index contributed by atoms with van der Waals surface area (Å²) in [6.07, 6.45) is 1.20. The molecule has 0 saturated heterocycles. The number of hydrogen-bond donors (Lipinski definition) is 0. The van der Waals surface area contributed by atoms with Crippen LogP contribution in [0.5, 0.6) is 0 Å². The zero-order valence-corrected chi connectivity index (χ0v) is 12.2. The zero-order valence-electron chi connectivity index (χ0n) is 12.2. The largest absolute Gasteiger partial charge is 0.469 e. The monoisotopic (exact) mass is 262 g/mol. The van der Waals surface area contributed by atoms with Crippen LogP contribution in [0.15, 0.2) is 24.3 Å². The van der Waals surface area contributed by atoms with Gasteiger partial charge in [0.2, 0.25) is 0 Å². The molecule has 0 aliphatic rings. The predicted octanol–water partition coefficient (Wildman–Crippen LogP) is 3.51. The third kappa shape index (κ3) is 4.86. The highest BCUT2D eigenvalue weighted by Gasteiger charge is 2.15. The average Bonchev–Trinajstić information content (AvgIpc) is 2.37. The quantitative estimate of drug-likeness (QED) is 0.602. The van der Waals surface area contributed by atoms with Crippen molar-refractivity contribution in [2.24, 2.45) is 0 Å². The Balaban J connectivity index is 2.65. The molecule has 0 saturated carbocycles. The molecule has 0 aromatic heterocycles. The SMILES string of the molecule is COC(=O)CCCC(=O)c1cccc(C(C)(C)C)c1. The Morgan fingerprint density at radius 3 is 2.42 bits per heavy atom. The van der Waals surface area contributed by atoms with E-state index in [9.17, 15) is 9.59 Å². The van der Waals surface area contributed by atoms with Gasteiger partial charge in [-0.2, -0.15) is 0 Å². The molecule has 0 bridgehead atoms. The number of ketones is 1. The third-order valence-corrected chi connectivity index (χ3v) is 3.06. The highest BCUT2D eigenvalue weighted by Crippen LogP contribution is 2.23. The number of rotatable bonds is 5. The lowest BCUT2D eigenvalue weighted by atomic mass is 9.85. The van der Waals surface area contributed by atoms with Crippen molar-refractivity contribution in [1.29, 1.82) is 0 Å². The maximum Gasteiger partial charge on any atom is 0.305 e. The summed E-state index contributed by atoms with van der Waals surface area (Å²) >= 11 is 0. The predicted molar refractivity (Wildman–Crippen MR) is 75.3 cm³/mol. The first-order valence-electron chi connectivity index (χ1n) is 6.55. The molecule has 0 radical (unpaired) electrons. The summed E-state index contributed by atoms with van der Waals surface area (Å²) in [5.74, 6) is -0.189. The molecule has 0 amide bonds. The molecular formula is C16H22O3. The normalized spacial score (nSPS) is 11.2. The van der Waals surface area contributed by atoms with Crippen molar-refractivity contribution >= 4 is 11.8 Å². The fraction of sp³-hybridized carbons (Fsp3) is 0.500. The molecule has 3 heteroatoms. The summed E-state index contributed by atoms with van der Waals surface area (Å²) in [7, 11) is 1.36. The lowest BCUT2D eigenvalue weighted by molar-refractivity contribution is -0.140. The van der Waals surface area contributed by atoms with E-state index in [1.165, 1.54) is 7.11 Å². The van der Waals surface area contributed by atoms with E-state index in [2.05, 4.69) is 25.5 Å². The van der Waals surface area contributed by atoms with Crippen molar-refractivity contribution in [1.82, 2.24) is 0 Å². The van der Waals surface area contributed by atoms with Crippen LogP contribution in [0.4, 0.5) is 0 Å². The number of carbonyl (C=O) groups excluding carboxylic acids is 2. The van der Waals surface area contributed by atoms with E-state index in [1.54, 1.807) is 0 Å². The molecule has 19 heavy (non-hydrogen) atoms. The second kappa shape index (κ2) is 6.50. The van der Waals surface area contributed by atoms with Crippen molar-refractivity contribution in [3.8, 4) is 0 Å². The van der Waals surface area contributed by atoms with Gasteiger partial charge in [-0.1, -0.05) is 39.0 Å². The van der Waals surface area contributed by atoms with Gasteiger partial charge in [-0.05, 0) is 23.5 Å². The Morgan fingerprint density at radius 2 is 1.84 bits per heavy atom. The minimum absolute atomic E-state index is 0.0301. The molecule has 1 rings (SSSR count). The number of methoxy groups -OCH3 is 1. The second-order valence-electron chi connectivity index (χ2n) is 5.68. The average molecular weight is 262 g/mol. The van der Waals surface area contributed by atoms with Crippen LogP contribution < -0.4 is 0 Å². The summed E-state index contributed by atoms with van der Waals surface area (Å²) < 4.78 is 4.55. The first-order valence-corrected chi connectivity index (χ1v) is 6.55. The molecular weight excluding hydrogens is 240 g/mol. The molecule has 0 spiro atoms. The van der Waals surface area contributed by atoms with Crippen molar-refractivity contribution in [3.63, 3.8) is 0 Å². The van der Waals surface area contributed by atoms with Gasteiger partial charge in [-0.15, -0.1) is 0 Å². The third-order valence-electron chi connectivity index (χ3n) is 3.06. The van der Waals surface area contributed by atoms with Crippen LogP contribution >= 0.6 is 0 Å². The number of ether oxygens (including phenoxy) is 1. The number of Topliss-reactive ketones (excluding diaryl/α,β-unsaturated/α-hetero) is 1. The van der Waals surface area contributed by atoms with Crippen molar-refractivity contribution in [3.05, 3.63) is 35.4 Å². The van der Waals surface area contributed by atoms with E-state index in [1.807, 2.05) is 24.3 Å². The van der Waals surface area contributed by atoms with Gasteiger partial charge in [0.15, 0.2) is 5.78 Å². The maximum atomic E-state index is 12.0. The Hall–Kier alpha value is -1.64. The van der Waals surface area contributed by atoms with Crippen LogP contribution in [-0.4, -0.2) is 18.9 Å². The first-order chi connectivity index (χ1) is 8.84. The van der Waals surface area contributed by atoms with Gasteiger partial charge in [-0.25, -0.2) is 0 Å². The van der Waals surface area contributed by atoms with Crippen LogP contribution in [0, 0.1) is 0 Å². The van der Waals surface area contributed by atoms with E-state index < -0.39 is 0 Å². The van der Waals surface area contributed by atoms with Crippen LogP contribution in [0.3, 0.4) is 0 Å². The van der Waals surface area contributed by atoms with Gasteiger partial charge in [0.05, 0.1) is 7.11 Å². The zero-order chi connectivity index (χ0) is 14.5. The van der Waals surface area contributed by atoms with Crippen molar-refractivity contribution in [2.75, 3.05) is 7.11 Å². The number of hydrogen-bond acceptors (Lipinski definition) is 3.